The maximum absolute atomic E-state index is 12.0. The van der Waals surface area contributed by atoms with E-state index in [4.69, 9.17) is 0 Å². The minimum absolute atomic E-state index is 0.0663. The number of H-pyrrole nitrogens is 1. The SMILES string of the molecule is O=C1CN(Cc2ccc(-c3nc(CCn4cccn4)cc(=O)[nH]3)cc2)CCN1. The molecule has 0 bridgehead atoms. The van der Waals surface area contributed by atoms with E-state index in [1.807, 2.05) is 41.2 Å². The van der Waals surface area contributed by atoms with Crippen LogP contribution in [0.3, 0.4) is 0 Å². The first kappa shape index (κ1) is 18.1. The van der Waals surface area contributed by atoms with Gasteiger partial charge in [-0.05, 0) is 11.6 Å². The number of hydrogen-bond donors (Lipinski definition) is 2. The predicted molar refractivity (Wildman–Crippen MR) is 105 cm³/mol. The Morgan fingerprint density at radius 3 is 2.75 bits per heavy atom. The maximum Gasteiger partial charge on any atom is 0.251 e. The second-order valence-electron chi connectivity index (χ2n) is 6.86. The van der Waals surface area contributed by atoms with Crippen molar-refractivity contribution in [3.8, 4) is 11.4 Å². The highest BCUT2D eigenvalue weighted by molar-refractivity contribution is 5.78. The highest BCUT2D eigenvalue weighted by atomic mass is 16.2. The van der Waals surface area contributed by atoms with Gasteiger partial charge in [0.05, 0.1) is 12.2 Å². The van der Waals surface area contributed by atoms with Crippen LogP contribution in [0.2, 0.25) is 0 Å². The van der Waals surface area contributed by atoms with Gasteiger partial charge < -0.3 is 10.3 Å². The summed E-state index contributed by atoms with van der Waals surface area (Å²) in [6.07, 6.45) is 4.25. The lowest BCUT2D eigenvalue weighted by molar-refractivity contribution is -0.124. The van der Waals surface area contributed by atoms with Crippen LogP contribution in [0.4, 0.5) is 0 Å². The number of carbonyl (C=O) groups excluding carboxylic acids is 1. The number of nitrogens with one attached hydrogen (secondary N) is 2. The smallest absolute Gasteiger partial charge is 0.251 e. The zero-order valence-electron chi connectivity index (χ0n) is 15.5. The average molecular weight is 378 g/mol. The first-order valence-corrected chi connectivity index (χ1v) is 9.32. The first-order valence-electron chi connectivity index (χ1n) is 9.32. The molecule has 8 heteroatoms. The molecule has 3 heterocycles. The van der Waals surface area contributed by atoms with Crippen molar-refractivity contribution in [1.82, 2.24) is 30.0 Å². The van der Waals surface area contributed by atoms with Crippen molar-refractivity contribution in [2.24, 2.45) is 0 Å². The van der Waals surface area contributed by atoms with E-state index < -0.39 is 0 Å². The molecule has 0 spiro atoms. The molecule has 144 valence electrons. The van der Waals surface area contributed by atoms with Crippen LogP contribution in [0, 0.1) is 0 Å². The van der Waals surface area contributed by atoms with Gasteiger partial charge in [-0.15, -0.1) is 0 Å². The van der Waals surface area contributed by atoms with Crippen molar-refractivity contribution < 1.29 is 4.79 Å². The van der Waals surface area contributed by atoms with Gasteiger partial charge in [0.1, 0.15) is 5.82 Å². The minimum atomic E-state index is -0.163. The highest BCUT2D eigenvalue weighted by Gasteiger charge is 2.16. The third kappa shape index (κ3) is 4.52. The van der Waals surface area contributed by atoms with Crippen LogP contribution < -0.4 is 10.9 Å². The van der Waals surface area contributed by atoms with E-state index in [-0.39, 0.29) is 11.5 Å². The summed E-state index contributed by atoms with van der Waals surface area (Å²) in [6.45, 7) is 3.36. The van der Waals surface area contributed by atoms with Crippen LogP contribution in [0.25, 0.3) is 11.4 Å². The van der Waals surface area contributed by atoms with Crippen molar-refractivity contribution in [3.63, 3.8) is 0 Å². The van der Waals surface area contributed by atoms with Gasteiger partial charge in [-0.2, -0.15) is 5.10 Å². The summed E-state index contributed by atoms with van der Waals surface area (Å²) in [7, 11) is 0. The van der Waals surface area contributed by atoms with E-state index in [9.17, 15) is 9.59 Å². The van der Waals surface area contributed by atoms with Gasteiger partial charge in [0.25, 0.3) is 5.56 Å². The number of hydrogen-bond acceptors (Lipinski definition) is 5. The van der Waals surface area contributed by atoms with E-state index in [1.54, 1.807) is 6.20 Å². The standard InChI is InChI=1S/C20H22N6O2/c27-18-12-17(6-10-26-9-1-7-22-26)23-20(24-18)16-4-2-15(3-5-16)13-25-11-8-21-19(28)14-25/h1-5,7,9,12H,6,8,10-11,13-14H2,(H,21,28)(H,23,24,27). The largest absolute Gasteiger partial charge is 0.354 e. The summed E-state index contributed by atoms with van der Waals surface area (Å²) in [4.78, 5) is 33.1. The normalized spacial score (nSPS) is 14.8. The number of nitrogens with zero attached hydrogens (tertiary/aromatic N) is 4. The zero-order valence-corrected chi connectivity index (χ0v) is 15.5. The van der Waals surface area contributed by atoms with Crippen LogP contribution in [0.15, 0.2) is 53.6 Å². The fourth-order valence-corrected chi connectivity index (χ4v) is 3.29. The Hall–Kier alpha value is -3.26. The van der Waals surface area contributed by atoms with Crippen molar-refractivity contribution in [1.29, 1.82) is 0 Å². The van der Waals surface area contributed by atoms with Crippen LogP contribution >= 0.6 is 0 Å². The Labute approximate surface area is 162 Å². The number of piperazine rings is 1. The van der Waals surface area contributed by atoms with Crippen LogP contribution in [-0.4, -0.2) is 50.2 Å². The molecule has 1 aliphatic heterocycles. The second-order valence-corrected chi connectivity index (χ2v) is 6.86. The Morgan fingerprint density at radius 2 is 2.00 bits per heavy atom. The third-order valence-corrected chi connectivity index (χ3v) is 4.70. The summed E-state index contributed by atoms with van der Waals surface area (Å²) >= 11 is 0. The number of aromatic amines is 1. The molecule has 1 saturated heterocycles. The molecule has 0 aliphatic carbocycles. The molecule has 1 fully saturated rings. The molecule has 0 unspecified atom stereocenters. The van der Waals surface area contributed by atoms with Crippen molar-refractivity contribution in [2.45, 2.75) is 19.5 Å². The lowest BCUT2D eigenvalue weighted by Crippen LogP contribution is -2.47. The molecule has 28 heavy (non-hydrogen) atoms. The number of aromatic nitrogens is 4. The van der Waals surface area contributed by atoms with E-state index in [0.29, 0.717) is 31.9 Å². The van der Waals surface area contributed by atoms with Gasteiger partial charge in [0, 0.05) is 56.6 Å². The third-order valence-electron chi connectivity index (χ3n) is 4.70. The van der Waals surface area contributed by atoms with Crippen LogP contribution in [0.5, 0.6) is 0 Å². The lowest BCUT2D eigenvalue weighted by atomic mass is 10.1. The summed E-state index contributed by atoms with van der Waals surface area (Å²) in [6, 6.07) is 11.3. The number of carbonyl (C=O) groups is 1. The Bertz CT molecular complexity index is 994. The summed E-state index contributed by atoms with van der Waals surface area (Å²) in [5.74, 6) is 0.628. The van der Waals surface area contributed by atoms with E-state index in [1.165, 1.54) is 6.07 Å². The molecule has 1 aromatic carbocycles. The maximum atomic E-state index is 12.0. The number of rotatable bonds is 6. The topological polar surface area (TPSA) is 95.9 Å². The monoisotopic (exact) mass is 378 g/mol. The molecule has 2 N–H and O–H groups in total. The zero-order chi connectivity index (χ0) is 19.3. The summed E-state index contributed by atoms with van der Waals surface area (Å²) in [5.41, 5.74) is 2.55. The van der Waals surface area contributed by atoms with E-state index >= 15 is 0 Å². The van der Waals surface area contributed by atoms with E-state index in [0.717, 1.165) is 29.9 Å². The molecular weight excluding hydrogens is 356 g/mol. The van der Waals surface area contributed by atoms with Crippen molar-refractivity contribution in [3.05, 3.63) is 70.4 Å². The summed E-state index contributed by atoms with van der Waals surface area (Å²) < 4.78 is 1.82. The molecule has 8 nitrogen and oxygen atoms in total. The van der Waals surface area contributed by atoms with Gasteiger partial charge in [-0.3, -0.25) is 19.2 Å². The van der Waals surface area contributed by atoms with Gasteiger partial charge in [0.2, 0.25) is 5.91 Å². The van der Waals surface area contributed by atoms with E-state index in [2.05, 4.69) is 25.3 Å². The molecule has 2 aromatic heterocycles. The van der Waals surface area contributed by atoms with Crippen molar-refractivity contribution in [2.75, 3.05) is 19.6 Å². The predicted octanol–water partition coefficient (Wildman–Crippen LogP) is 0.808. The fourth-order valence-electron chi connectivity index (χ4n) is 3.29. The Morgan fingerprint density at radius 1 is 1.14 bits per heavy atom. The molecule has 1 aliphatic rings. The molecule has 1 amide bonds. The molecule has 0 atom stereocenters. The van der Waals surface area contributed by atoms with Gasteiger partial charge in [-0.1, -0.05) is 24.3 Å². The fraction of sp³-hybridized carbons (Fsp3) is 0.300. The molecule has 0 saturated carbocycles. The highest BCUT2D eigenvalue weighted by Crippen LogP contribution is 2.16. The quantitative estimate of drug-likeness (QED) is 0.662. The molecule has 4 rings (SSSR count). The van der Waals surface area contributed by atoms with Crippen LogP contribution in [0.1, 0.15) is 11.3 Å². The molecular formula is C20H22N6O2. The second kappa shape index (κ2) is 8.18. The Kier molecular flexibility index (Phi) is 5.29. The molecule has 0 radical (unpaired) electrons. The number of amides is 1. The van der Waals surface area contributed by atoms with Gasteiger partial charge in [-0.25, -0.2) is 4.98 Å². The minimum Gasteiger partial charge on any atom is -0.354 e. The first-order chi connectivity index (χ1) is 13.7. The molecule has 3 aromatic rings. The van der Waals surface area contributed by atoms with Gasteiger partial charge in [0.15, 0.2) is 0 Å². The Balaban J connectivity index is 1.46. The van der Waals surface area contributed by atoms with Crippen LogP contribution in [-0.2, 0) is 24.3 Å². The van der Waals surface area contributed by atoms with Crippen molar-refractivity contribution >= 4 is 5.91 Å². The average Bonchev–Trinajstić information content (AvgIpc) is 3.20. The number of benzene rings is 1. The summed E-state index contributed by atoms with van der Waals surface area (Å²) in [5, 5.41) is 7.00. The van der Waals surface area contributed by atoms with Gasteiger partial charge >= 0.3 is 0 Å². The lowest BCUT2D eigenvalue weighted by Gasteiger charge is -2.26. The number of aryl methyl sites for hydroxylation is 2.